The Morgan fingerprint density at radius 2 is 1.15 bits per heavy atom. The van der Waals surface area contributed by atoms with Crippen LogP contribution in [-0.4, -0.2) is 80.1 Å². The van der Waals surface area contributed by atoms with Crippen LogP contribution < -0.4 is 0 Å². The van der Waals surface area contributed by atoms with E-state index < -0.39 is 62.7 Å². The zero-order valence-electron chi connectivity index (χ0n) is 35.1. The molecule has 0 amide bonds. The molecule has 0 aromatic rings. The zero-order chi connectivity index (χ0) is 37.1. The number of aliphatic hydroxyl groups is 2. The molecule has 46 heavy (non-hydrogen) atoms. The maximum Gasteiger partial charge on any atom is 0.192 e. The molecule has 0 aromatic carbocycles. The molecule has 2 N–H and O–H groups in total. The summed E-state index contributed by atoms with van der Waals surface area (Å²) in [7, 11) is -6.40. The minimum Gasteiger partial charge on any atom is -0.409 e. The molecule has 0 spiro atoms. The predicted octanol–water partition coefficient (Wildman–Crippen LogP) is 11.3. The molecular formula is C37H82O5Si4. The molecule has 1 saturated heterocycles. The number of methoxy groups -OCH3 is 1. The van der Waals surface area contributed by atoms with Crippen molar-refractivity contribution >= 4 is 32.5 Å². The number of rotatable bonds is 11. The molecular weight excluding hydrogens is 637 g/mol. The fourth-order valence-electron chi connectivity index (χ4n) is 7.26. The van der Waals surface area contributed by atoms with Gasteiger partial charge in [-0.2, -0.15) is 0 Å². The first-order valence-corrected chi connectivity index (χ1v) is 30.4. The maximum atomic E-state index is 12.6. The van der Waals surface area contributed by atoms with E-state index in [2.05, 4.69) is 142 Å². The minimum atomic E-state index is -2.21. The summed E-state index contributed by atoms with van der Waals surface area (Å²) in [6, 6.07) is 0. The molecule has 9 heteroatoms. The molecule has 276 valence electrons. The summed E-state index contributed by atoms with van der Waals surface area (Å²) in [4.78, 5) is 0. The summed E-state index contributed by atoms with van der Waals surface area (Å²) in [6.07, 6.45) is -1.67. The van der Waals surface area contributed by atoms with Gasteiger partial charge in [0.1, 0.15) is 5.60 Å². The van der Waals surface area contributed by atoms with Crippen LogP contribution >= 0.6 is 0 Å². The van der Waals surface area contributed by atoms with Crippen LogP contribution in [0.4, 0.5) is 0 Å². The van der Waals surface area contributed by atoms with Gasteiger partial charge in [-0.05, 0) is 63.2 Å². The summed E-state index contributed by atoms with van der Waals surface area (Å²) < 4.78 is 19.1. The fourth-order valence-corrected chi connectivity index (χ4v) is 22.8. The number of hydrogen-bond acceptors (Lipinski definition) is 5. The van der Waals surface area contributed by atoms with E-state index in [1.165, 1.54) is 0 Å². The van der Waals surface area contributed by atoms with Crippen molar-refractivity contribution in [2.75, 3.05) is 7.11 Å². The summed E-state index contributed by atoms with van der Waals surface area (Å²) >= 11 is 0. The van der Waals surface area contributed by atoms with Gasteiger partial charge in [-0.1, -0.05) is 129 Å². The van der Waals surface area contributed by atoms with Gasteiger partial charge in [0.2, 0.25) is 0 Å². The molecule has 0 unspecified atom stereocenters. The van der Waals surface area contributed by atoms with Crippen LogP contribution in [0.3, 0.4) is 0 Å². The average Bonchev–Trinajstić information content (AvgIpc) is 2.82. The summed E-state index contributed by atoms with van der Waals surface area (Å²) in [5, 5.41) is 25.7. The standard InChI is InChI=1S/C37H82O5Si4/c1-26(43(16,17)33(3,4)5)31(45(20,21)35(9,10)11)29(44(18,19)34(6,7)8)24-30(38)37(39)25-28(32(40-15)41-27(37)2)42-46(22,23)36(12,13)14/h26-32,38-39H,24-25H2,1-23H3/t26-,27-,28-,29+,30+,31-,32+,37-/m1/s1. The average molecular weight is 719 g/mol. The lowest BCUT2D eigenvalue weighted by molar-refractivity contribution is -0.294. The van der Waals surface area contributed by atoms with Crippen molar-refractivity contribution < 1.29 is 24.1 Å². The number of aliphatic hydroxyl groups excluding tert-OH is 1. The van der Waals surface area contributed by atoms with E-state index in [4.69, 9.17) is 13.9 Å². The molecule has 0 bridgehead atoms. The van der Waals surface area contributed by atoms with Crippen LogP contribution in [0.15, 0.2) is 0 Å². The van der Waals surface area contributed by atoms with E-state index in [0.717, 1.165) is 0 Å². The quantitative estimate of drug-likeness (QED) is 0.208. The lowest BCUT2D eigenvalue weighted by Gasteiger charge is -2.60. The molecule has 5 nitrogen and oxygen atoms in total. The monoisotopic (exact) mass is 719 g/mol. The van der Waals surface area contributed by atoms with Gasteiger partial charge in [0, 0.05) is 13.5 Å². The van der Waals surface area contributed by atoms with Crippen molar-refractivity contribution in [1.82, 2.24) is 0 Å². The van der Waals surface area contributed by atoms with Crippen molar-refractivity contribution in [3.63, 3.8) is 0 Å². The van der Waals surface area contributed by atoms with Gasteiger partial charge < -0.3 is 24.1 Å². The molecule has 0 aromatic heterocycles. The van der Waals surface area contributed by atoms with Crippen molar-refractivity contribution in [1.29, 1.82) is 0 Å². The summed E-state index contributed by atoms with van der Waals surface area (Å²) in [6.45, 7) is 53.2. The van der Waals surface area contributed by atoms with Crippen molar-refractivity contribution in [3.8, 4) is 0 Å². The lowest BCUT2D eigenvalue weighted by Crippen LogP contribution is -2.64. The molecule has 1 aliphatic heterocycles. The van der Waals surface area contributed by atoms with E-state index >= 15 is 0 Å². The van der Waals surface area contributed by atoms with Gasteiger partial charge in [-0.3, -0.25) is 0 Å². The van der Waals surface area contributed by atoms with E-state index in [1.807, 2.05) is 6.92 Å². The van der Waals surface area contributed by atoms with Gasteiger partial charge in [0.15, 0.2) is 14.6 Å². The molecule has 1 fully saturated rings. The molecule has 1 rings (SSSR count). The maximum absolute atomic E-state index is 12.6. The van der Waals surface area contributed by atoms with Crippen LogP contribution in [0.5, 0.6) is 0 Å². The highest BCUT2D eigenvalue weighted by molar-refractivity contribution is 6.90. The summed E-state index contributed by atoms with van der Waals surface area (Å²) in [5.41, 5.74) is -0.0649. The SMILES string of the molecule is CO[C@H]1O[C@H](C)[C@@](O)([C@@H](O)C[C@@H]([C@@H]([C@@H](C)[Si](C)(C)C(C)(C)C)[Si](C)(C)C(C)(C)C)[Si](C)(C)C(C)(C)C)C[C@H]1O[Si](C)(C)C(C)(C)C. The van der Waals surface area contributed by atoms with Crippen molar-refractivity contribution in [2.45, 2.75) is 229 Å². The molecule has 0 radical (unpaired) electrons. The van der Waals surface area contributed by atoms with Crippen LogP contribution in [0.2, 0.25) is 89.2 Å². The van der Waals surface area contributed by atoms with Gasteiger partial charge in [-0.25, -0.2) is 0 Å². The second kappa shape index (κ2) is 14.0. The van der Waals surface area contributed by atoms with Crippen molar-refractivity contribution in [2.24, 2.45) is 0 Å². The van der Waals surface area contributed by atoms with Crippen LogP contribution in [0.1, 0.15) is 110 Å². The number of hydrogen-bond donors (Lipinski definition) is 2. The van der Waals surface area contributed by atoms with E-state index in [9.17, 15) is 10.2 Å². The van der Waals surface area contributed by atoms with Gasteiger partial charge in [-0.15, -0.1) is 0 Å². The molecule has 0 aliphatic carbocycles. The Balaban J connectivity index is 3.93. The Bertz CT molecular complexity index is 999. The highest BCUT2D eigenvalue weighted by Gasteiger charge is 2.60. The summed E-state index contributed by atoms with van der Waals surface area (Å²) in [5.74, 6) is 0. The molecule has 1 aliphatic rings. The first kappa shape index (κ1) is 44.7. The highest BCUT2D eigenvalue weighted by Crippen LogP contribution is 2.65. The first-order valence-electron chi connectivity index (χ1n) is 18.2. The smallest absolute Gasteiger partial charge is 0.192 e. The van der Waals surface area contributed by atoms with Crippen molar-refractivity contribution in [3.05, 3.63) is 0 Å². The Hall–Kier alpha value is 0.668. The predicted molar refractivity (Wildman–Crippen MR) is 212 cm³/mol. The second-order valence-corrected chi connectivity index (χ2v) is 43.5. The van der Waals surface area contributed by atoms with Crippen LogP contribution in [0.25, 0.3) is 0 Å². The number of ether oxygens (including phenoxy) is 2. The lowest BCUT2D eigenvalue weighted by atomic mass is 9.80. The topological polar surface area (TPSA) is 68.2 Å². The molecule has 8 atom stereocenters. The van der Waals surface area contributed by atoms with E-state index in [1.54, 1.807) is 7.11 Å². The van der Waals surface area contributed by atoms with Gasteiger partial charge >= 0.3 is 0 Å². The normalized spacial score (nSPS) is 27.7. The Labute approximate surface area is 291 Å². The minimum absolute atomic E-state index is 0.00517. The largest absolute Gasteiger partial charge is 0.409 e. The van der Waals surface area contributed by atoms with Crippen LogP contribution in [0, 0.1) is 0 Å². The zero-order valence-corrected chi connectivity index (χ0v) is 39.1. The Morgan fingerprint density at radius 1 is 0.739 bits per heavy atom. The molecule has 1 heterocycles. The highest BCUT2D eigenvalue weighted by atomic mass is 28.4. The van der Waals surface area contributed by atoms with Gasteiger partial charge in [0.05, 0.1) is 42.5 Å². The molecule has 0 saturated carbocycles. The van der Waals surface area contributed by atoms with E-state index in [-0.39, 0.29) is 20.2 Å². The first-order chi connectivity index (χ1) is 19.9. The van der Waals surface area contributed by atoms with E-state index in [0.29, 0.717) is 29.5 Å². The third kappa shape index (κ3) is 8.75. The van der Waals surface area contributed by atoms with Crippen LogP contribution in [-0.2, 0) is 13.9 Å². The second-order valence-electron chi connectivity index (χ2n) is 21.6. The Kier molecular flexibility index (Phi) is 13.6. The van der Waals surface area contributed by atoms with Gasteiger partial charge in [0.25, 0.3) is 0 Å². The third-order valence-electron chi connectivity index (χ3n) is 15.1. The third-order valence-corrected chi connectivity index (χ3v) is 39.5. The Morgan fingerprint density at radius 3 is 1.50 bits per heavy atom. The fraction of sp³-hybridized carbons (Fsp3) is 1.00.